The third-order valence-corrected chi connectivity index (χ3v) is 5.92. The van der Waals surface area contributed by atoms with Crippen LogP contribution in [0.25, 0.3) is 16.9 Å². The van der Waals surface area contributed by atoms with Gasteiger partial charge in [-0.3, -0.25) is 4.98 Å². The second-order valence-electron chi connectivity index (χ2n) is 8.65. The number of rotatable bonds is 11. The first kappa shape index (κ1) is 30.7. The number of hydrogen-bond donors (Lipinski definition) is 1. The van der Waals surface area contributed by atoms with Gasteiger partial charge in [0.15, 0.2) is 6.04 Å². The Morgan fingerprint density at radius 1 is 1.10 bits per heavy atom. The Bertz CT molecular complexity index is 1320. The summed E-state index contributed by atoms with van der Waals surface area (Å²) >= 11 is 0. The minimum atomic E-state index is -5.11. The van der Waals surface area contributed by atoms with Gasteiger partial charge in [0.25, 0.3) is 12.3 Å². The minimum absolute atomic E-state index is 0.0488. The van der Waals surface area contributed by atoms with Gasteiger partial charge in [0, 0.05) is 30.9 Å². The molecule has 0 aliphatic heterocycles. The molecule has 3 heterocycles. The highest BCUT2D eigenvalue weighted by Gasteiger charge is 2.48. The van der Waals surface area contributed by atoms with Gasteiger partial charge in [-0.1, -0.05) is 0 Å². The molecule has 0 fully saturated rings. The molecule has 0 aliphatic carbocycles. The van der Waals surface area contributed by atoms with Crippen molar-refractivity contribution in [3.63, 3.8) is 0 Å². The molecule has 0 bridgehead atoms. The largest absolute Gasteiger partial charge is 0.494 e. The summed E-state index contributed by atoms with van der Waals surface area (Å²) in [6.07, 6.45) is -8.96. The average Bonchev–Trinajstić information content (AvgIpc) is 3.27. The maximum Gasteiger partial charge on any atom is 0.414 e. The molecule has 40 heavy (non-hydrogen) atoms. The van der Waals surface area contributed by atoms with Crippen LogP contribution in [0.4, 0.5) is 35.5 Å². The highest BCUT2D eigenvalue weighted by molar-refractivity contribution is 5.75. The van der Waals surface area contributed by atoms with Crippen molar-refractivity contribution in [1.82, 2.24) is 29.6 Å². The van der Waals surface area contributed by atoms with Crippen molar-refractivity contribution in [3.05, 3.63) is 36.0 Å². The molecule has 2 amide bonds. The van der Waals surface area contributed by atoms with Crippen LogP contribution in [0.15, 0.2) is 24.7 Å². The quantitative estimate of drug-likeness (QED) is 0.304. The van der Waals surface area contributed by atoms with Crippen LogP contribution in [0.1, 0.15) is 37.2 Å². The van der Waals surface area contributed by atoms with Gasteiger partial charge in [-0.05, 0) is 26.3 Å². The number of ether oxygens (including phenoxy) is 2. The number of halogens is 7. The number of aromatic nitrogens is 4. The fourth-order valence-electron chi connectivity index (χ4n) is 4.09. The zero-order valence-corrected chi connectivity index (χ0v) is 21.8. The summed E-state index contributed by atoms with van der Waals surface area (Å²) in [5.74, 6) is 0.127. The highest BCUT2D eigenvalue weighted by Crippen LogP contribution is 2.40. The predicted octanol–water partition coefficient (Wildman–Crippen LogP) is 5.43. The van der Waals surface area contributed by atoms with E-state index in [9.17, 15) is 35.5 Å². The molecule has 9 nitrogen and oxygen atoms in total. The van der Waals surface area contributed by atoms with Crippen molar-refractivity contribution < 1.29 is 45.0 Å². The first-order chi connectivity index (χ1) is 18.8. The maximum absolute atomic E-state index is 14.4. The molecule has 3 aromatic heterocycles. The number of hydrogen-bond acceptors (Lipinski definition) is 6. The van der Waals surface area contributed by atoms with Gasteiger partial charge in [-0.25, -0.2) is 32.3 Å². The number of nitrogens with zero attached hydrogens (tertiary/aromatic N) is 5. The van der Waals surface area contributed by atoms with Gasteiger partial charge in [0.05, 0.1) is 43.5 Å². The number of carbonyl (C=O) groups is 1. The lowest BCUT2D eigenvalue weighted by Gasteiger charge is -2.33. The van der Waals surface area contributed by atoms with E-state index < -0.39 is 62.2 Å². The molecule has 1 N–H and O–H groups in total. The third-order valence-electron chi connectivity index (χ3n) is 5.92. The number of nitrogens with one attached hydrogen (secondary N) is 1. The van der Waals surface area contributed by atoms with Crippen molar-refractivity contribution >= 4 is 11.7 Å². The molecule has 0 saturated heterocycles. The first-order valence-corrected chi connectivity index (χ1v) is 11.9. The summed E-state index contributed by atoms with van der Waals surface area (Å²) in [7, 11) is 2.62. The normalized spacial score (nSPS) is 13.5. The van der Waals surface area contributed by atoms with E-state index in [4.69, 9.17) is 9.47 Å². The topological polar surface area (TPSA) is 93.9 Å². The van der Waals surface area contributed by atoms with Crippen molar-refractivity contribution in [2.75, 3.05) is 20.8 Å². The Morgan fingerprint density at radius 2 is 1.80 bits per heavy atom. The van der Waals surface area contributed by atoms with Gasteiger partial charge in [-0.2, -0.15) is 13.2 Å². The number of alkyl halides is 7. The molecular formula is C24H27F7N6O3. The molecule has 1 unspecified atom stereocenters. The average molecular weight is 581 g/mol. The number of imidazole rings is 1. The van der Waals surface area contributed by atoms with E-state index in [-0.39, 0.29) is 27.8 Å². The zero-order valence-electron chi connectivity index (χ0n) is 21.8. The molecule has 3 rings (SSSR count). The fraction of sp³-hybridized carbons (Fsp3) is 0.500. The lowest BCUT2D eigenvalue weighted by Crippen LogP contribution is -2.51. The van der Waals surface area contributed by atoms with E-state index in [1.54, 1.807) is 22.8 Å². The fourth-order valence-corrected chi connectivity index (χ4v) is 4.09. The molecule has 0 aliphatic rings. The van der Waals surface area contributed by atoms with Crippen LogP contribution in [-0.2, 0) is 0 Å². The number of amides is 2. The summed E-state index contributed by atoms with van der Waals surface area (Å²) in [6.45, 7) is 2.36. The second-order valence-corrected chi connectivity index (χ2v) is 8.65. The Kier molecular flexibility index (Phi) is 9.63. The summed E-state index contributed by atoms with van der Waals surface area (Å²) in [4.78, 5) is 25.5. The van der Waals surface area contributed by atoms with Crippen molar-refractivity contribution in [3.8, 4) is 22.9 Å². The number of carbonyl (C=O) groups excluding carboxylic acids is 1. The van der Waals surface area contributed by atoms with Crippen LogP contribution in [0.2, 0.25) is 0 Å². The van der Waals surface area contributed by atoms with Crippen LogP contribution in [0.3, 0.4) is 0 Å². The van der Waals surface area contributed by atoms with E-state index in [0.717, 1.165) is 12.3 Å². The van der Waals surface area contributed by atoms with Gasteiger partial charge >= 0.3 is 12.2 Å². The van der Waals surface area contributed by atoms with Crippen LogP contribution >= 0.6 is 0 Å². The highest BCUT2D eigenvalue weighted by atomic mass is 19.4. The van der Waals surface area contributed by atoms with Gasteiger partial charge < -0.3 is 24.1 Å². The molecule has 2 atom stereocenters. The Labute approximate surface area is 224 Å². The zero-order chi connectivity index (χ0) is 29.8. The van der Waals surface area contributed by atoms with Gasteiger partial charge in [0.1, 0.15) is 5.75 Å². The first-order valence-electron chi connectivity index (χ1n) is 11.9. The smallest absolute Gasteiger partial charge is 0.414 e. The summed E-state index contributed by atoms with van der Waals surface area (Å²) in [6, 6.07) is -5.26. The van der Waals surface area contributed by atoms with E-state index in [1.165, 1.54) is 27.3 Å². The number of pyridine rings is 1. The third kappa shape index (κ3) is 6.83. The molecule has 0 spiro atoms. The molecule has 0 radical (unpaired) electrons. The van der Waals surface area contributed by atoms with E-state index in [2.05, 4.69) is 15.0 Å². The number of urea groups is 1. The Balaban J connectivity index is 2.08. The maximum atomic E-state index is 14.4. The summed E-state index contributed by atoms with van der Waals surface area (Å²) < 4.78 is 107. The van der Waals surface area contributed by atoms with Crippen LogP contribution < -0.4 is 14.8 Å². The lowest BCUT2D eigenvalue weighted by atomic mass is 10.1. The predicted molar refractivity (Wildman–Crippen MR) is 129 cm³/mol. The molecule has 3 aromatic rings. The molecule has 0 aromatic carbocycles. The lowest BCUT2D eigenvalue weighted by molar-refractivity contribution is -0.179. The van der Waals surface area contributed by atoms with Crippen molar-refractivity contribution in [2.24, 2.45) is 0 Å². The van der Waals surface area contributed by atoms with E-state index in [0.29, 0.717) is 11.3 Å². The van der Waals surface area contributed by atoms with E-state index in [1.807, 2.05) is 0 Å². The molecule has 16 heteroatoms. The van der Waals surface area contributed by atoms with Crippen molar-refractivity contribution in [2.45, 2.75) is 57.8 Å². The molecular weight excluding hydrogens is 553 g/mol. The number of methoxy groups -OCH3 is 2. The molecule has 220 valence electrons. The standard InChI is InChI=1S/C24H27F7N6O3/c1-5-37(23(38)35-14(20(27)28)6-7-18(25)26)19(24(29,30)31)15-8-13(17(39-3)9-32-15)16-11-36-10-12(2)33-21(36)22(34-16)40-4/h8-11,14,18-20H,5-7H2,1-4H3,(H,35,38)/t14?,19-/m0/s1. The Hall–Kier alpha value is -3.85. The van der Waals surface area contributed by atoms with Crippen molar-refractivity contribution in [1.29, 1.82) is 0 Å². The minimum Gasteiger partial charge on any atom is -0.494 e. The monoisotopic (exact) mass is 580 g/mol. The second kappa shape index (κ2) is 12.6. The molecule has 0 saturated carbocycles. The number of fused-ring (bicyclic) bond motifs is 1. The van der Waals surface area contributed by atoms with Crippen LogP contribution in [-0.4, -0.2) is 76.1 Å². The van der Waals surface area contributed by atoms with Gasteiger partial charge in [0.2, 0.25) is 12.1 Å². The van der Waals surface area contributed by atoms with Gasteiger partial charge in [-0.15, -0.1) is 0 Å². The summed E-state index contributed by atoms with van der Waals surface area (Å²) in [5.41, 5.74) is 0.508. The Morgan fingerprint density at radius 3 is 2.35 bits per heavy atom. The van der Waals surface area contributed by atoms with Crippen LogP contribution in [0, 0.1) is 6.92 Å². The summed E-state index contributed by atoms with van der Waals surface area (Å²) in [5, 5.41) is 1.76. The number of aryl methyl sites for hydroxylation is 1. The van der Waals surface area contributed by atoms with E-state index >= 15 is 0 Å². The van der Waals surface area contributed by atoms with Crippen LogP contribution in [0.5, 0.6) is 11.6 Å². The SMILES string of the molecule is CCN(C(=O)NC(CCC(F)F)C(F)F)[C@@H](c1cc(-c2cn3cc(C)nc3c(OC)n2)c(OC)cn1)C(F)(F)F.